The number of hydrogen-bond acceptors (Lipinski definition) is 7. The van der Waals surface area contributed by atoms with Crippen molar-refractivity contribution in [3.8, 4) is 0 Å². The molecule has 0 aromatic heterocycles. The van der Waals surface area contributed by atoms with Crippen molar-refractivity contribution in [1.29, 1.82) is 0 Å². The maximum Gasteiger partial charge on any atom is 0.374 e. The lowest BCUT2D eigenvalue weighted by molar-refractivity contribution is -0.158. The minimum absolute atomic E-state index is 0.00959. The lowest BCUT2D eigenvalue weighted by atomic mass is 10.0. The summed E-state index contributed by atoms with van der Waals surface area (Å²) < 4.78 is 16.6. The van der Waals surface area contributed by atoms with Crippen LogP contribution in [0.3, 0.4) is 0 Å². The molecule has 0 radical (unpaired) electrons. The summed E-state index contributed by atoms with van der Waals surface area (Å²) in [6.07, 6.45) is 57.6. The van der Waals surface area contributed by atoms with E-state index in [0.29, 0.717) is 19.3 Å². The molecule has 0 spiro atoms. The lowest BCUT2D eigenvalue weighted by Crippen LogP contribution is -2.28. The Balaban J connectivity index is 4.39. The summed E-state index contributed by atoms with van der Waals surface area (Å²) >= 11 is 0. The molecule has 0 aromatic rings. The highest BCUT2D eigenvalue weighted by Crippen LogP contribution is 2.18. The maximum absolute atomic E-state index is 12.7. The molecular weight excluding hydrogens is 821 g/mol. The molecule has 0 heterocycles. The van der Waals surface area contributed by atoms with Crippen molar-refractivity contribution in [2.75, 3.05) is 19.8 Å². The second kappa shape index (κ2) is 54.0. The maximum atomic E-state index is 12.7. The lowest BCUT2D eigenvalue weighted by Gasteiger charge is -2.17. The second-order valence-corrected chi connectivity index (χ2v) is 20.4. The highest BCUT2D eigenvalue weighted by atomic mass is 16.6. The van der Waals surface area contributed by atoms with E-state index in [0.717, 1.165) is 51.4 Å². The van der Waals surface area contributed by atoms with E-state index in [1.807, 2.05) is 0 Å². The molecule has 0 saturated carbocycles. The summed E-state index contributed by atoms with van der Waals surface area (Å²) in [4.78, 5) is 50.6. The molecule has 7 nitrogen and oxygen atoms in total. The number of ketones is 1. The molecule has 390 valence electrons. The summed E-state index contributed by atoms with van der Waals surface area (Å²) in [5.74, 6) is -2.44. The van der Waals surface area contributed by atoms with Gasteiger partial charge in [0.25, 0.3) is 0 Å². The predicted octanol–water partition coefficient (Wildman–Crippen LogP) is 18.6. The van der Waals surface area contributed by atoms with E-state index >= 15 is 0 Å². The third-order valence-electron chi connectivity index (χ3n) is 13.6. The monoisotopic (exact) mass is 933 g/mol. The van der Waals surface area contributed by atoms with Gasteiger partial charge in [0.1, 0.15) is 19.8 Å². The van der Waals surface area contributed by atoms with Gasteiger partial charge in [-0.1, -0.05) is 290 Å². The van der Waals surface area contributed by atoms with Crippen LogP contribution in [0.25, 0.3) is 0 Å². The fourth-order valence-electron chi connectivity index (χ4n) is 9.02. The molecule has 0 N–H and O–H groups in total. The van der Waals surface area contributed by atoms with Crippen molar-refractivity contribution in [2.24, 2.45) is 5.92 Å². The standard InChI is InChI=1S/C59H112O7/c1-4-7-10-13-16-19-22-25-28-31-34-37-40-43-46-49-56(60)59(63)66-54-55(52-64-57(61)50-47-44-41-38-35-32-29-26-23-20-17-14-11-8-5-2)53-65-58(62)51-48-45-42-39-36-33-30-27-24-21-18-15-12-9-6-3/h55H,4-54H2,1-3H3. The minimum Gasteiger partial charge on any atom is -0.465 e. The molecule has 66 heavy (non-hydrogen) atoms. The summed E-state index contributed by atoms with van der Waals surface area (Å²) in [7, 11) is 0. The van der Waals surface area contributed by atoms with E-state index in [1.54, 1.807) is 0 Å². The van der Waals surface area contributed by atoms with Gasteiger partial charge in [-0.05, 0) is 19.3 Å². The summed E-state index contributed by atoms with van der Waals surface area (Å²) in [6.45, 7) is 6.66. The summed E-state index contributed by atoms with van der Waals surface area (Å²) in [5, 5.41) is 0. The SMILES string of the molecule is CCCCCCCCCCCCCCCCCC(=O)OCC(COC(=O)CCCCCCCCCCCCCCCCC)COC(=O)C(=O)CCCCCCCCCCCCCCCCC. The average Bonchev–Trinajstić information content (AvgIpc) is 3.32. The number of ether oxygens (including phenoxy) is 3. The molecule has 0 fully saturated rings. The van der Waals surface area contributed by atoms with Gasteiger partial charge in [0.15, 0.2) is 0 Å². The topological polar surface area (TPSA) is 96.0 Å². The zero-order chi connectivity index (χ0) is 48.1. The number of carbonyl (C=O) groups excluding carboxylic acids is 4. The Labute approximate surface area is 410 Å². The van der Waals surface area contributed by atoms with Crippen LogP contribution in [0, 0.1) is 5.92 Å². The Morgan fingerprint density at radius 2 is 0.455 bits per heavy atom. The Morgan fingerprint density at radius 3 is 0.697 bits per heavy atom. The molecule has 0 bridgehead atoms. The van der Waals surface area contributed by atoms with Crippen molar-refractivity contribution in [3.63, 3.8) is 0 Å². The smallest absolute Gasteiger partial charge is 0.374 e. The Morgan fingerprint density at radius 1 is 0.258 bits per heavy atom. The Bertz CT molecular complexity index is 993. The van der Waals surface area contributed by atoms with E-state index < -0.39 is 17.7 Å². The molecule has 0 aliphatic heterocycles. The van der Waals surface area contributed by atoms with Gasteiger partial charge in [-0.3, -0.25) is 14.4 Å². The third-order valence-corrected chi connectivity index (χ3v) is 13.6. The van der Waals surface area contributed by atoms with Gasteiger partial charge in [0, 0.05) is 19.3 Å². The zero-order valence-electron chi connectivity index (χ0n) is 44.5. The Kier molecular flexibility index (Phi) is 52.5. The highest BCUT2D eigenvalue weighted by Gasteiger charge is 2.21. The predicted molar refractivity (Wildman–Crippen MR) is 280 cm³/mol. The first-order valence-electron chi connectivity index (χ1n) is 29.5. The molecule has 0 aliphatic rings. The quantitative estimate of drug-likeness (QED) is 0.0259. The van der Waals surface area contributed by atoms with Crippen molar-refractivity contribution in [1.82, 2.24) is 0 Å². The van der Waals surface area contributed by atoms with Gasteiger partial charge in [0.05, 0.1) is 5.92 Å². The molecule has 0 aromatic carbocycles. The fraction of sp³-hybridized carbons (Fsp3) is 0.932. The van der Waals surface area contributed by atoms with Gasteiger partial charge in [-0.25, -0.2) is 4.79 Å². The van der Waals surface area contributed by atoms with Crippen LogP contribution in [0.4, 0.5) is 0 Å². The van der Waals surface area contributed by atoms with Gasteiger partial charge in [-0.2, -0.15) is 0 Å². The molecule has 0 atom stereocenters. The van der Waals surface area contributed by atoms with Crippen LogP contribution in [0.15, 0.2) is 0 Å². The van der Waals surface area contributed by atoms with Crippen LogP contribution < -0.4 is 0 Å². The van der Waals surface area contributed by atoms with Crippen molar-refractivity contribution in [3.05, 3.63) is 0 Å². The van der Waals surface area contributed by atoms with E-state index in [2.05, 4.69) is 20.8 Å². The van der Waals surface area contributed by atoms with Crippen LogP contribution in [0.2, 0.25) is 0 Å². The van der Waals surface area contributed by atoms with Gasteiger partial charge in [0.2, 0.25) is 5.78 Å². The van der Waals surface area contributed by atoms with Crippen LogP contribution >= 0.6 is 0 Å². The van der Waals surface area contributed by atoms with E-state index in [9.17, 15) is 19.2 Å². The number of rotatable bonds is 55. The van der Waals surface area contributed by atoms with Crippen molar-refractivity contribution in [2.45, 2.75) is 329 Å². The molecule has 0 rings (SSSR count). The Hall–Kier alpha value is -1.92. The van der Waals surface area contributed by atoms with E-state index in [4.69, 9.17) is 14.2 Å². The third kappa shape index (κ3) is 50.0. The zero-order valence-corrected chi connectivity index (χ0v) is 44.5. The van der Waals surface area contributed by atoms with Gasteiger partial charge in [-0.15, -0.1) is 0 Å². The van der Waals surface area contributed by atoms with Gasteiger partial charge >= 0.3 is 17.9 Å². The average molecular weight is 934 g/mol. The summed E-state index contributed by atoms with van der Waals surface area (Å²) in [6, 6.07) is 0. The first-order valence-corrected chi connectivity index (χ1v) is 29.5. The number of Topliss-reactive ketones (excluding diaryl/α,β-unsaturated/α-hetero) is 1. The largest absolute Gasteiger partial charge is 0.465 e. The molecule has 0 amide bonds. The van der Waals surface area contributed by atoms with Crippen LogP contribution in [-0.4, -0.2) is 43.5 Å². The van der Waals surface area contributed by atoms with E-state index in [-0.39, 0.29) is 38.2 Å². The van der Waals surface area contributed by atoms with E-state index in [1.165, 1.54) is 231 Å². The second-order valence-electron chi connectivity index (χ2n) is 20.4. The minimum atomic E-state index is -0.848. The molecule has 0 saturated heterocycles. The fourth-order valence-corrected chi connectivity index (χ4v) is 9.02. The molecule has 0 aliphatic carbocycles. The van der Waals surface area contributed by atoms with Crippen LogP contribution in [0.1, 0.15) is 329 Å². The summed E-state index contributed by atoms with van der Waals surface area (Å²) in [5.41, 5.74) is 0. The highest BCUT2D eigenvalue weighted by molar-refractivity contribution is 6.33. The number of esters is 3. The molecular formula is C59H112O7. The van der Waals surface area contributed by atoms with Crippen molar-refractivity contribution >= 4 is 23.7 Å². The molecule has 0 unspecified atom stereocenters. The first kappa shape index (κ1) is 64.1. The van der Waals surface area contributed by atoms with Crippen molar-refractivity contribution < 1.29 is 33.4 Å². The number of carbonyl (C=O) groups is 4. The van der Waals surface area contributed by atoms with Crippen LogP contribution in [0.5, 0.6) is 0 Å². The normalized spacial score (nSPS) is 11.4. The van der Waals surface area contributed by atoms with Crippen LogP contribution in [-0.2, 0) is 33.4 Å². The number of unbranched alkanes of at least 4 members (excludes halogenated alkanes) is 42. The van der Waals surface area contributed by atoms with Gasteiger partial charge < -0.3 is 14.2 Å². The first-order chi connectivity index (χ1) is 32.4. The molecule has 7 heteroatoms. The number of hydrogen-bond donors (Lipinski definition) is 0.